The Bertz CT molecular complexity index is 1580. The molecule has 0 amide bonds. The lowest BCUT2D eigenvalue weighted by atomic mass is 9.97. The molecule has 0 heterocycles. The first-order chi connectivity index (χ1) is 21.9. The SMILES string of the molecule is CCCCCc1c(Oc2cc(OCc3ccccc3)cc(CCC)c2C(=O)O)c(OC)cc(O)c1C(=O)OCc1ccccc1. The van der Waals surface area contributed by atoms with Gasteiger partial charge >= 0.3 is 11.9 Å². The Hall–Kier alpha value is -4.98. The molecule has 0 spiro atoms. The number of esters is 1. The lowest BCUT2D eigenvalue weighted by Gasteiger charge is -2.21. The maximum Gasteiger partial charge on any atom is 0.342 e. The summed E-state index contributed by atoms with van der Waals surface area (Å²) in [6.07, 6.45) is 4.01. The highest BCUT2D eigenvalue weighted by atomic mass is 16.5. The number of carbonyl (C=O) groups is 2. The van der Waals surface area contributed by atoms with Crippen molar-refractivity contribution in [1.82, 2.24) is 0 Å². The Morgan fingerprint density at radius 3 is 2.02 bits per heavy atom. The molecule has 0 aliphatic rings. The fraction of sp³-hybridized carbons (Fsp3) is 0.297. The maximum atomic E-state index is 13.5. The summed E-state index contributed by atoms with van der Waals surface area (Å²) in [7, 11) is 1.42. The molecule has 4 aromatic rings. The van der Waals surface area contributed by atoms with Crippen molar-refractivity contribution < 1.29 is 38.7 Å². The average Bonchev–Trinajstić information content (AvgIpc) is 3.04. The average molecular weight is 613 g/mol. The minimum Gasteiger partial charge on any atom is -0.507 e. The maximum absolute atomic E-state index is 13.5. The summed E-state index contributed by atoms with van der Waals surface area (Å²) in [5, 5.41) is 21.4. The predicted molar refractivity (Wildman–Crippen MR) is 172 cm³/mol. The van der Waals surface area contributed by atoms with Gasteiger partial charge in [-0.25, -0.2) is 9.59 Å². The first kappa shape index (κ1) is 32.9. The summed E-state index contributed by atoms with van der Waals surface area (Å²) >= 11 is 0. The Kier molecular flexibility index (Phi) is 11.8. The van der Waals surface area contributed by atoms with Crippen LogP contribution in [0.25, 0.3) is 0 Å². The number of phenols is 1. The molecular formula is C37H40O8. The smallest absolute Gasteiger partial charge is 0.342 e. The second-order valence-electron chi connectivity index (χ2n) is 10.7. The Morgan fingerprint density at radius 2 is 1.42 bits per heavy atom. The molecular weight excluding hydrogens is 572 g/mol. The number of aromatic hydroxyl groups is 1. The van der Waals surface area contributed by atoms with E-state index in [9.17, 15) is 19.8 Å². The van der Waals surface area contributed by atoms with E-state index >= 15 is 0 Å². The van der Waals surface area contributed by atoms with Gasteiger partial charge in [0.25, 0.3) is 0 Å². The number of aromatic carboxylic acids is 1. The van der Waals surface area contributed by atoms with Crippen LogP contribution in [0.5, 0.6) is 28.7 Å². The fourth-order valence-corrected chi connectivity index (χ4v) is 5.12. The van der Waals surface area contributed by atoms with Gasteiger partial charge in [-0.3, -0.25) is 0 Å². The second kappa shape index (κ2) is 16.2. The number of phenolic OH excluding ortho intramolecular Hbond substituents is 1. The number of hydrogen-bond donors (Lipinski definition) is 2. The summed E-state index contributed by atoms with van der Waals surface area (Å²) in [5.41, 5.74) is 2.63. The van der Waals surface area contributed by atoms with Crippen LogP contribution in [0.2, 0.25) is 0 Å². The van der Waals surface area contributed by atoms with Crippen LogP contribution in [-0.2, 0) is 30.8 Å². The van der Waals surface area contributed by atoms with Crippen LogP contribution < -0.4 is 14.2 Å². The standard InChI is InChI=1S/C37H40O8/c1-4-6-9-19-29-34(37(41)44-24-26-17-12-8-13-18-26)30(38)22-32(42-3)35(29)45-31-21-28(43-23-25-15-10-7-11-16-25)20-27(14-5-2)33(31)36(39)40/h7-8,10-13,15-18,20-22,38H,4-6,9,14,19,23-24H2,1-3H3,(H,39,40). The zero-order valence-electron chi connectivity index (χ0n) is 26.0. The van der Waals surface area contributed by atoms with Gasteiger partial charge in [-0.2, -0.15) is 0 Å². The van der Waals surface area contributed by atoms with Crippen LogP contribution in [0.15, 0.2) is 78.9 Å². The van der Waals surface area contributed by atoms with Crippen LogP contribution in [0.1, 0.15) is 82.5 Å². The third kappa shape index (κ3) is 8.56. The highest BCUT2D eigenvalue weighted by Gasteiger charge is 2.28. The molecule has 8 heteroatoms. The highest BCUT2D eigenvalue weighted by Crippen LogP contribution is 2.44. The third-order valence-corrected chi connectivity index (χ3v) is 7.34. The Labute approximate surface area is 264 Å². The normalized spacial score (nSPS) is 10.7. The zero-order valence-corrected chi connectivity index (χ0v) is 26.0. The number of methoxy groups -OCH3 is 1. The van der Waals surface area contributed by atoms with Crippen LogP contribution in [-0.4, -0.2) is 29.3 Å². The van der Waals surface area contributed by atoms with E-state index in [-0.39, 0.29) is 47.3 Å². The van der Waals surface area contributed by atoms with Crippen molar-refractivity contribution in [3.8, 4) is 28.7 Å². The fourth-order valence-electron chi connectivity index (χ4n) is 5.12. The minimum absolute atomic E-state index is 0.00764. The molecule has 0 aromatic heterocycles. The summed E-state index contributed by atoms with van der Waals surface area (Å²) in [5.74, 6) is -1.41. The van der Waals surface area contributed by atoms with Crippen LogP contribution in [0.4, 0.5) is 0 Å². The molecule has 0 aliphatic carbocycles. The lowest BCUT2D eigenvalue weighted by Crippen LogP contribution is -2.12. The van der Waals surface area contributed by atoms with Gasteiger partial charge in [-0.15, -0.1) is 0 Å². The molecule has 0 saturated heterocycles. The summed E-state index contributed by atoms with van der Waals surface area (Å²) < 4.78 is 23.8. The van der Waals surface area contributed by atoms with E-state index in [0.29, 0.717) is 42.6 Å². The van der Waals surface area contributed by atoms with Crippen molar-refractivity contribution in [2.45, 2.75) is 65.6 Å². The molecule has 45 heavy (non-hydrogen) atoms. The number of unbranched alkanes of at least 4 members (excludes halogenated alkanes) is 2. The number of carbonyl (C=O) groups excluding carboxylic acids is 1. The molecule has 0 unspecified atom stereocenters. The molecule has 236 valence electrons. The van der Waals surface area contributed by atoms with Gasteiger partial charge in [-0.05, 0) is 42.0 Å². The van der Waals surface area contributed by atoms with Crippen molar-refractivity contribution in [3.63, 3.8) is 0 Å². The Morgan fingerprint density at radius 1 is 0.756 bits per heavy atom. The highest BCUT2D eigenvalue weighted by molar-refractivity contribution is 5.96. The number of aryl methyl sites for hydroxylation is 1. The van der Waals surface area contributed by atoms with E-state index in [1.165, 1.54) is 13.2 Å². The van der Waals surface area contributed by atoms with E-state index in [4.69, 9.17) is 18.9 Å². The van der Waals surface area contributed by atoms with Crippen molar-refractivity contribution in [2.24, 2.45) is 0 Å². The van der Waals surface area contributed by atoms with E-state index < -0.39 is 11.9 Å². The van der Waals surface area contributed by atoms with Gasteiger partial charge in [0.15, 0.2) is 11.5 Å². The largest absolute Gasteiger partial charge is 0.507 e. The quantitative estimate of drug-likeness (QED) is 0.0957. The number of hydrogen-bond acceptors (Lipinski definition) is 7. The van der Waals surface area contributed by atoms with Crippen LogP contribution >= 0.6 is 0 Å². The summed E-state index contributed by atoms with van der Waals surface area (Å²) in [4.78, 5) is 26.1. The molecule has 4 aromatic carbocycles. The van der Waals surface area contributed by atoms with Crippen LogP contribution in [0.3, 0.4) is 0 Å². The number of carboxylic acids is 1. The third-order valence-electron chi connectivity index (χ3n) is 7.34. The molecule has 8 nitrogen and oxygen atoms in total. The number of ether oxygens (including phenoxy) is 4. The number of carboxylic acid groups (broad SMARTS) is 1. The molecule has 0 fully saturated rings. The van der Waals surface area contributed by atoms with E-state index in [0.717, 1.165) is 24.0 Å². The number of rotatable bonds is 16. The first-order valence-corrected chi connectivity index (χ1v) is 15.2. The van der Waals surface area contributed by atoms with Crippen LogP contribution in [0, 0.1) is 0 Å². The first-order valence-electron chi connectivity index (χ1n) is 15.2. The summed E-state index contributed by atoms with van der Waals surface area (Å²) in [6, 6.07) is 23.5. The molecule has 0 saturated carbocycles. The van der Waals surface area contributed by atoms with Gasteiger partial charge in [-0.1, -0.05) is 93.8 Å². The molecule has 0 aliphatic heterocycles. The number of benzene rings is 4. The second-order valence-corrected chi connectivity index (χ2v) is 10.7. The summed E-state index contributed by atoms with van der Waals surface area (Å²) in [6.45, 7) is 4.32. The molecule has 0 radical (unpaired) electrons. The van der Waals surface area contributed by atoms with Gasteiger partial charge < -0.3 is 29.2 Å². The van der Waals surface area contributed by atoms with E-state index in [1.54, 1.807) is 12.1 Å². The molecule has 0 bridgehead atoms. The Balaban J connectivity index is 1.80. The van der Waals surface area contributed by atoms with Crippen molar-refractivity contribution in [2.75, 3.05) is 7.11 Å². The van der Waals surface area contributed by atoms with Gasteiger partial charge in [0.2, 0.25) is 0 Å². The topological polar surface area (TPSA) is 112 Å². The molecule has 2 N–H and O–H groups in total. The van der Waals surface area contributed by atoms with E-state index in [2.05, 4.69) is 6.92 Å². The van der Waals surface area contributed by atoms with Gasteiger partial charge in [0, 0.05) is 17.7 Å². The monoisotopic (exact) mass is 612 g/mol. The van der Waals surface area contributed by atoms with Crippen molar-refractivity contribution >= 4 is 11.9 Å². The van der Waals surface area contributed by atoms with Crippen molar-refractivity contribution in [3.05, 3.63) is 112 Å². The molecule has 0 atom stereocenters. The van der Waals surface area contributed by atoms with Gasteiger partial charge in [0.05, 0.1) is 7.11 Å². The minimum atomic E-state index is -1.16. The van der Waals surface area contributed by atoms with Gasteiger partial charge in [0.1, 0.15) is 41.6 Å². The molecule has 4 rings (SSSR count). The van der Waals surface area contributed by atoms with Crippen molar-refractivity contribution in [1.29, 1.82) is 0 Å². The van der Waals surface area contributed by atoms with E-state index in [1.807, 2.05) is 67.6 Å². The lowest BCUT2D eigenvalue weighted by molar-refractivity contribution is 0.0466. The predicted octanol–water partition coefficient (Wildman–Crippen LogP) is 8.51. The zero-order chi connectivity index (χ0) is 32.2.